The highest BCUT2D eigenvalue weighted by Gasteiger charge is 2.52. The van der Waals surface area contributed by atoms with Crippen molar-refractivity contribution < 1.29 is 23.8 Å². The van der Waals surface area contributed by atoms with E-state index >= 15 is 0 Å². The Labute approximate surface area is 122 Å². The molecule has 1 saturated heterocycles. The Morgan fingerprint density at radius 1 is 1.10 bits per heavy atom. The van der Waals surface area contributed by atoms with E-state index in [1.165, 1.54) is 0 Å². The number of alkyl halides is 1. The topological polar surface area (TPSA) is 58.9 Å². The van der Waals surface area contributed by atoms with Gasteiger partial charge in [-0.25, -0.2) is 4.39 Å². The maximum absolute atomic E-state index is 14.2. The number of rotatable bonds is 6. The van der Waals surface area contributed by atoms with Crippen LogP contribution >= 0.6 is 0 Å². The second kappa shape index (κ2) is 6.83. The summed E-state index contributed by atoms with van der Waals surface area (Å²) in [4.78, 5) is 0. The van der Waals surface area contributed by atoms with Crippen LogP contribution < -0.4 is 0 Å². The monoisotopic (exact) mass is 308 g/mol. The molecule has 0 bridgehead atoms. The molecule has 1 rings (SSSR count). The minimum Gasteiger partial charge on any atom is -0.394 e. The second-order valence-corrected chi connectivity index (χ2v) is 12.0. The lowest BCUT2D eigenvalue weighted by atomic mass is 10.2. The number of halogens is 1. The summed E-state index contributed by atoms with van der Waals surface area (Å²) in [6, 6.07) is 0. The van der Waals surface area contributed by atoms with E-state index in [9.17, 15) is 9.50 Å². The third-order valence-corrected chi connectivity index (χ3v) is 10.5. The first-order chi connectivity index (χ1) is 9.18. The van der Waals surface area contributed by atoms with Crippen LogP contribution in [0.3, 0.4) is 0 Å². The molecule has 2 N–H and O–H groups in total. The Balaban J connectivity index is 2.97. The molecule has 1 heterocycles. The van der Waals surface area contributed by atoms with E-state index in [-0.39, 0.29) is 0 Å². The first-order valence-electron chi connectivity index (χ1n) is 7.44. The fourth-order valence-electron chi connectivity index (χ4n) is 3.55. The third kappa shape index (κ3) is 3.09. The predicted octanol–water partition coefficient (Wildman–Crippen LogP) is 2.59. The lowest BCUT2D eigenvalue weighted by Gasteiger charge is -2.43. The van der Waals surface area contributed by atoms with Gasteiger partial charge in [-0.3, -0.25) is 0 Å². The van der Waals surface area contributed by atoms with Gasteiger partial charge in [-0.2, -0.15) is 0 Å². The summed E-state index contributed by atoms with van der Waals surface area (Å²) in [6.07, 6.45) is -4.88. The quantitative estimate of drug-likeness (QED) is 0.741. The van der Waals surface area contributed by atoms with Crippen molar-refractivity contribution in [3.63, 3.8) is 0 Å². The molecule has 0 aromatic carbocycles. The van der Waals surface area contributed by atoms with Gasteiger partial charge >= 0.3 is 0 Å². The molecular formula is C14H29FO4Si. The van der Waals surface area contributed by atoms with Gasteiger partial charge in [-0.15, -0.1) is 0 Å². The summed E-state index contributed by atoms with van der Waals surface area (Å²) < 4.78 is 25.7. The van der Waals surface area contributed by atoms with Crippen molar-refractivity contribution in [2.75, 3.05) is 6.61 Å². The molecule has 0 amide bonds. The Morgan fingerprint density at radius 3 is 1.85 bits per heavy atom. The molecule has 20 heavy (non-hydrogen) atoms. The van der Waals surface area contributed by atoms with E-state index < -0.39 is 39.6 Å². The van der Waals surface area contributed by atoms with E-state index in [0.29, 0.717) is 16.6 Å². The lowest BCUT2D eigenvalue weighted by Crippen LogP contribution is -2.51. The summed E-state index contributed by atoms with van der Waals surface area (Å²) >= 11 is 0. The van der Waals surface area contributed by atoms with Crippen LogP contribution in [0.2, 0.25) is 16.6 Å². The normalized spacial score (nSPS) is 31.8. The molecule has 1 aliphatic rings. The van der Waals surface area contributed by atoms with Crippen LogP contribution in [0.25, 0.3) is 0 Å². The van der Waals surface area contributed by atoms with E-state index in [2.05, 4.69) is 41.5 Å². The molecule has 1 unspecified atom stereocenters. The lowest BCUT2D eigenvalue weighted by molar-refractivity contribution is -0.113. The fourth-order valence-corrected chi connectivity index (χ4v) is 8.95. The van der Waals surface area contributed by atoms with Gasteiger partial charge in [0.2, 0.25) is 8.32 Å². The molecule has 0 aromatic rings. The minimum atomic E-state index is -2.26. The molecule has 1 aliphatic heterocycles. The van der Waals surface area contributed by atoms with Crippen molar-refractivity contribution >= 4 is 8.32 Å². The van der Waals surface area contributed by atoms with E-state index in [1.54, 1.807) is 0 Å². The van der Waals surface area contributed by atoms with Gasteiger partial charge in [-0.1, -0.05) is 41.5 Å². The average Bonchev–Trinajstić information content (AvgIpc) is 2.61. The number of hydrogen-bond acceptors (Lipinski definition) is 4. The van der Waals surface area contributed by atoms with Crippen LogP contribution in [0.5, 0.6) is 0 Å². The highest BCUT2D eigenvalue weighted by atomic mass is 28.4. The molecule has 4 nitrogen and oxygen atoms in total. The zero-order chi connectivity index (χ0) is 15.7. The predicted molar refractivity (Wildman–Crippen MR) is 78.8 cm³/mol. The maximum atomic E-state index is 14.2. The van der Waals surface area contributed by atoms with Gasteiger partial charge in [0.15, 0.2) is 12.5 Å². The van der Waals surface area contributed by atoms with Crippen LogP contribution in [-0.4, -0.2) is 49.8 Å². The minimum absolute atomic E-state index is 0.309. The first kappa shape index (κ1) is 18.0. The van der Waals surface area contributed by atoms with Crippen molar-refractivity contribution in [3.05, 3.63) is 0 Å². The molecule has 0 radical (unpaired) electrons. The Hall–Kier alpha value is -0.0131. The fraction of sp³-hybridized carbons (Fsp3) is 1.00. The highest BCUT2D eigenvalue weighted by molar-refractivity contribution is 6.77. The van der Waals surface area contributed by atoms with Gasteiger partial charge < -0.3 is 19.4 Å². The van der Waals surface area contributed by atoms with Crippen LogP contribution in [0, 0.1) is 0 Å². The van der Waals surface area contributed by atoms with Crippen molar-refractivity contribution in [3.8, 4) is 0 Å². The van der Waals surface area contributed by atoms with Crippen molar-refractivity contribution in [1.29, 1.82) is 0 Å². The van der Waals surface area contributed by atoms with Crippen molar-refractivity contribution in [2.24, 2.45) is 0 Å². The van der Waals surface area contributed by atoms with Gasteiger partial charge in [0.25, 0.3) is 0 Å². The number of ether oxygens (including phenoxy) is 1. The summed E-state index contributed by atoms with van der Waals surface area (Å²) in [5, 5.41) is 18.8. The van der Waals surface area contributed by atoms with Gasteiger partial charge in [0.1, 0.15) is 12.2 Å². The zero-order valence-corrected chi connectivity index (χ0v) is 14.3. The standard InChI is InChI=1S/C14H29FO4Si/c1-8(2)20(9(3)4,10(5)6)19-14-12(15)13(17)11(7-16)18-14/h8-14,16-17H,7H2,1-6H3/t11-,12+,13-,14?/m1/s1. The third-order valence-electron chi connectivity index (χ3n) is 4.48. The maximum Gasteiger partial charge on any atom is 0.203 e. The van der Waals surface area contributed by atoms with Crippen molar-refractivity contribution in [1.82, 2.24) is 0 Å². The number of aliphatic hydroxyl groups excluding tert-OH is 2. The van der Waals surface area contributed by atoms with E-state index in [4.69, 9.17) is 14.3 Å². The van der Waals surface area contributed by atoms with Gasteiger partial charge in [-0.05, 0) is 16.6 Å². The molecule has 0 spiro atoms. The van der Waals surface area contributed by atoms with Gasteiger partial charge in [0.05, 0.1) is 6.61 Å². The number of hydrogen-bond donors (Lipinski definition) is 2. The molecule has 6 heteroatoms. The largest absolute Gasteiger partial charge is 0.394 e. The Bertz CT molecular complexity index is 290. The molecule has 0 aliphatic carbocycles. The molecule has 0 aromatic heterocycles. The SMILES string of the molecule is CC(C)[Si](OC1O[C@H](CO)[C@@H](O)[C@@H]1F)(C(C)C)C(C)C. The zero-order valence-electron chi connectivity index (χ0n) is 13.3. The van der Waals surface area contributed by atoms with Crippen molar-refractivity contribution in [2.45, 2.75) is 82.8 Å². The summed E-state index contributed by atoms with van der Waals surface area (Å²) in [5.74, 6) is 0. The highest BCUT2D eigenvalue weighted by Crippen LogP contribution is 2.44. The van der Waals surface area contributed by atoms with Crippen LogP contribution in [0.15, 0.2) is 0 Å². The molecule has 120 valence electrons. The summed E-state index contributed by atoms with van der Waals surface area (Å²) in [5.41, 5.74) is 0.927. The second-order valence-electron chi connectivity index (χ2n) is 6.60. The molecule has 4 atom stereocenters. The smallest absolute Gasteiger partial charge is 0.203 e. The van der Waals surface area contributed by atoms with Crippen LogP contribution in [0.1, 0.15) is 41.5 Å². The van der Waals surface area contributed by atoms with E-state index in [1.807, 2.05) is 0 Å². The molecule has 1 fully saturated rings. The molecular weight excluding hydrogens is 279 g/mol. The first-order valence-corrected chi connectivity index (χ1v) is 9.58. The number of aliphatic hydroxyl groups is 2. The average molecular weight is 308 g/mol. The van der Waals surface area contributed by atoms with Gasteiger partial charge in [0, 0.05) is 0 Å². The Kier molecular flexibility index (Phi) is 6.16. The summed E-state index contributed by atoms with van der Waals surface area (Å²) in [7, 11) is -2.26. The van der Waals surface area contributed by atoms with Crippen LogP contribution in [0.4, 0.5) is 4.39 Å². The summed E-state index contributed by atoms with van der Waals surface area (Å²) in [6.45, 7) is 12.2. The molecule has 0 saturated carbocycles. The Morgan fingerprint density at radius 2 is 1.55 bits per heavy atom. The van der Waals surface area contributed by atoms with Crippen LogP contribution in [-0.2, 0) is 9.16 Å². The van der Waals surface area contributed by atoms with E-state index in [0.717, 1.165) is 0 Å².